The van der Waals surface area contributed by atoms with Crippen LogP contribution in [0.5, 0.6) is 11.6 Å². The van der Waals surface area contributed by atoms with Crippen molar-refractivity contribution in [1.82, 2.24) is 14.5 Å². The van der Waals surface area contributed by atoms with Gasteiger partial charge in [-0.05, 0) is 86.9 Å². The van der Waals surface area contributed by atoms with Crippen molar-refractivity contribution < 1.29 is 19.4 Å². The fraction of sp³-hybridized carbons (Fsp3) is 0.342. The maximum absolute atomic E-state index is 12.4. The Hall–Kier alpha value is -4.30. The van der Waals surface area contributed by atoms with Gasteiger partial charge in [-0.15, -0.1) is 11.8 Å². The first kappa shape index (κ1) is 33.1. The summed E-state index contributed by atoms with van der Waals surface area (Å²) >= 11 is 1.82. The maximum Gasteiger partial charge on any atom is 0.309 e. The second-order valence-corrected chi connectivity index (χ2v) is 13.3. The Morgan fingerprint density at radius 3 is 2.37 bits per heavy atom. The van der Waals surface area contributed by atoms with Gasteiger partial charge in [-0.25, -0.2) is 4.98 Å². The highest BCUT2D eigenvalue weighted by molar-refractivity contribution is 7.99. The first-order valence-corrected chi connectivity index (χ1v) is 16.9. The highest BCUT2D eigenvalue weighted by Crippen LogP contribution is 2.40. The van der Waals surface area contributed by atoms with E-state index in [4.69, 9.17) is 9.47 Å². The molecule has 5 rings (SSSR count). The van der Waals surface area contributed by atoms with E-state index in [0.29, 0.717) is 32.1 Å². The largest absolute Gasteiger partial charge is 0.487 e. The third-order valence-corrected chi connectivity index (χ3v) is 9.28. The number of hydrogen-bond donors (Lipinski definition) is 1. The first-order chi connectivity index (χ1) is 22.2. The molecule has 0 fully saturated rings. The van der Waals surface area contributed by atoms with Crippen LogP contribution in [0.15, 0.2) is 84.0 Å². The van der Waals surface area contributed by atoms with Crippen molar-refractivity contribution in [1.29, 1.82) is 0 Å². The van der Waals surface area contributed by atoms with E-state index in [0.717, 1.165) is 73.8 Å². The summed E-state index contributed by atoms with van der Waals surface area (Å²) in [6, 6.07) is 22.6. The summed E-state index contributed by atoms with van der Waals surface area (Å²) < 4.78 is 14.0. The zero-order valence-corrected chi connectivity index (χ0v) is 28.2. The molecule has 0 spiro atoms. The van der Waals surface area contributed by atoms with E-state index in [1.54, 1.807) is 13.8 Å². The van der Waals surface area contributed by atoms with Gasteiger partial charge in [0.2, 0.25) is 5.88 Å². The van der Waals surface area contributed by atoms with Crippen LogP contribution >= 0.6 is 11.8 Å². The van der Waals surface area contributed by atoms with Crippen molar-refractivity contribution in [2.75, 3.05) is 12.4 Å². The number of ether oxygens (including phenoxy) is 2. The Labute approximate surface area is 276 Å². The van der Waals surface area contributed by atoms with E-state index in [-0.39, 0.29) is 0 Å². The van der Waals surface area contributed by atoms with Gasteiger partial charge in [-0.2, -0.15) is 0 Å². The van der Waals surface area contributed by atoms with Crippen LogP contribution in [0.1, 0.15) is 63.1 Å². The summed E-state index contributed by atoms with van der Waals surface area (Å²) in [5.41, 5.74) is 6.38. The highest BCUT2D eigenvalue weighted by atomic mass is 32.2. The fourth-order valence-electron chi connectivity index (χ4n) is 5.29. The lowest BCUT2D eigenvalue weighted by molar-refractivity contribution is -0.146. The van der Waals surface area contributed by atoms with Gasteiger partial charge in [-0.1, -0.05) is 43.7 Å². The van der Waals surface area contributed by atoms with Gasteiger partial charge < -0.3 is 19.1 Å². The molecule has 46 heavy (non-hydrogen) atoms. The van der Waals surface area contributed by atoms with E-state index >= 15 is 0 Å². The number of aromatic nitrogens is 3. The lowest BCUT2D eigenvalue weighted by Crippen LogP contribution is -2.27. The molecule has 0 saturated heterocycles. The molecule has 0 bridgehead atoms. The van der Waals surface area contributed by atoms with Crippen LogP contribution in [0.25, 0.3) is 22.0 Å². The normalized spacial score (nSPS) is 11.6. The number of unbranched alkanes of at least 4 members (excludes halogenated alkanes) is 1. The summed E-state index contributed by atoms with van der Waals surface area (Å²) in [4.78, 5) is 22.4. The van der Waals surface area contributed by atoms with Crippen LogP contribution in [0.4, 0.5) is 0 Å². The number of thioether (sulfide) groups is 1. The van der Waals surface area contributed by atoms with E-state index in [1.165, 1.54) is 0 Å². The van der Waals surface area contributed by atoms with Crippen LogP contribution in [0.3, 0.4) is 0 Å². The van der Waals surface area contributed by atoms with Crippen molar-refractivity contribution >= 4 is 28.6 Å². The molecule has 0 radical (unpaired) electrons. The molecule has 240 valence electrons. The average molecular weight is 638 g/mol. The molecule has 2 aromatic carbocycles. The fourth-order valence-corrected chi connectivity index (χ4v) is 6.59. The number of aryl methyl sites for hydroxylation is 1. The molecule has 5 aromatic rings. The molecule has 0 saturated carbocycles. The third-order valence-electron chi connectivity index (χ3n) is 8.04. The maximum atomic E-state index is 12.4. The smallest absolute Gasteiger partial charge is 0.309 e. The molecule has 0 amide bonds. The highest BCUT2D eigenvalue weighted by Gasteiger charge is 2.31. The van der Waals surface area contributed by atoms with Gasteiger partial charge in [-0.3, -0.25) is 9.78 Å². The minimum atomic E-state index is -0.937. The standard InChI is InChI=1S/C38H43N3O4S/c1-6-8-19-46-36-32-20-31(45-25-30-15-9-26(3)22-39-30)16-17-33(32)41(34(36)21-38(4,5)37(42)43)24-27-10-12-28(13-11-27)29-14-18-35(40-23-29)44-7-2/h9-18,20,22-23H,6-8,19,21,24-25H2,1-5H3,(H,42,43). The molecular weight excluding hydrogens is 595 g/mol. The number of pyridine rings is 2. The van der Waals surface area contributed by atoms with Gasteiger partial charge >= 0.3 is 5.97 Å². The number of carboxylic acids is 1. The van der Waals surface area contributed by atoms with Crippen molar-refractivity contribution in [3.05, 3.63) is 102 Å². The molecule has 0 aliphatic carbocycles. The summed E-state index contributed by atoms with van der Waals surface area (Å²) in [6.45, 7) is 11.3. The lowest BCUT2D eigenvalue weighted by Gasteiger charge is -2.22. The molecule has 7 nitrogen and oxygen atoms in total. The third kappa shape index (κ3) is 7.91. The second-order valence-electron chi connectivity index (χ2n) is 12.2. The molecule has 0 atom stereocenters. The van der Waals surface area contributed by atoms with Gasteiger partial charge in [0.05, 0.1) is 17.7 Å². The van der Waals surface area contributed by atoms with Crippen molar-refractivity contribution in [2.45, 2.75) is 71.9 Å². The summed E-state index contributed by atoms with van der Waals surface area (Å²) in [7, 11) is 0. The summed E-state index contributed by atoms with van der Waals surface area (Å²) in [6.07, 6.45) is 6.26. The Morgan fingerprint density at radius 2 is 1.72 bits per heavy atom. The SMILES string of the molecule is CCCCSc1c(CC(C)(C)C(=O)O)n(Cc2ccc(-c3ccc(OCC)nc3)cc2)c2ccc(OCc3ccc(C)cn3)cc12. The number of carboxylic acid groups (broad SMARTS) is 1. The van der Waals surface area contributed by atoms with E-state index < -0.39 is 11.4 Å². The number of hydrogen-bond acceptors (Lipinski definition) is 6. The van der Waals surface area contributed by atoms with Gasteiger partial charge in [0, 0.05) is 58.5 Å². The number of rotatable bonds is 15. The number of carbonyl (C=O) groups is 1. The van der Waals surface area contributed by atoms with Crippen LogP contribution in [-0.2, 0) is 24.4 Å². The van der Waals surface area contributed by atoms with Crippen LogP contribution in [0.2, 0.25) is 0 Å². The predicted molar refractivity (Wildman–Crippen MR) is 186 cm³/mol. The van der Waals surface area contributed by atoms with Gasteiger partial charge in [0.25, 0.3) is 0 Å². The Kier molecular flexibility index (Phi) is 10.7. The van der Waals surface area contributed by atoms with Gasteiger partial charge in [0.15, 0.2) is 0 Å². The molecule has 0 unspecified atom stereocenters. The topological polar surface area (TPSA) is 86.5 Å². The minimum Gasteiger partial charge on any atom is -0.487 e. The molecule has 3 aromatic heterocycles. The van der Waals surface area contributed by atoms with Crippen LogP contribution in [-0.4, -0.2) is 38.0 Å². The number of fused-ring (bicyclic) bond motifs is 1. The summed E-state index contributed by atoms with van der Waals surface area (Å²) in [5.74, 6) is 1.53. The van der Waals surface area contributed by atoms with Crippen LogP contribution in [0, 0.1) is 12.3 Å². The Morgan fingerprint density at radius 1 is 0.935 bits per heavy atom. The molecule has 1 N–H and O–H groups in total. The van der Waals surface area contributed by atoms with Crippen molar-refractivity contribution in [3.63, 3.8) is 0 Å². The Balaban J connectivity index is 1.52. The van der Waals surface area contributed by atoms with Crippen molar-refractivity contribution in [3.8, 4) is 22.8 Å². The Bertz CT molecular complexity index is 1760. The molecule has 0 aliphatic rings. The lowest BCUT2D eigenvalue weighted by atomic mass is 9.88. The summed E-state index contributed by atoms with van der Waals surface area (Å²) in [5, 5.41) is 11.2. The molecule has 8 heteroatoms. The zero-order chi connectivity index (χ0) is 32.7. The minimum absolute atomic E-state index is 0.375. The van der Waals surface area contributed by atoms with Crippen LogP contribution < -0.4 is 9.47 Å². The van der Waals surface area contributed by atoms with E-state index in [9.17, 15) is 9.90 Å². The first-order valence-electron chi connectivity index (χ1n) is 15.9. The zero-order valence-electron chi connectivity index (χ0n) is 27.4. The number of benzene rings is 2. The molecule has 0 aliphatic heterocycles. The van der Waals surface area contributed by atoms with E-state index in [2.05, 4.69) is 57.9 Å². The van der Waals surface area contributed by atoms with Gasteiger partial charge in [0.1, 0.15) is 12.4 Å². The second kappa shape index (κ2) is 14.9. The molecular formula is C38H43N3O4S. The van der Waals surface area contributed by atoms with Crippen molar-refractivity contribution in [2.24, 2.45) is 5.41 Å². The average Bonchev–Trinajstić information content (AvgIpc) is 3.32. The predicted octanol–water partition coefficient (Wildman–Crippen LogP) is 8.98. The van der Waals surface area contributed by atoms with E-state index in [1.807, 2.05) is 68.3 Å². The number of nitrogens with zero attached hydrogens (tertiary/aromatic N) is 3. The molecule has 3 heterocycles. The quantitative estimate of drug-likeness (QED) is 0.0906. The monoisotopic (exact) mass is 637 g/mol. The number of aliphatic carboxylic acids is 1.